The summed E-state index contributed by atoms with van der Waals surface area (Å²) in [5.74, 6) is 0.991. The van der Waals surface area contributed by atoms with Gasteiger partial charge in [-0.25, -0.2) is 0 Å². The van der Waals surface area contributed by atoms with Crippen molar-refractivity contribution >= 4 is 5.91 Å². The molecule has 1 atom stereocenters. The third-order valence-electron chi connectivity index (χ3n) is 4.41. The van der Waals surface area contributed by atoms with Crippen molar-refractivity contribution in [1.82, 2.24) is 5.32 Å². The summed E-state index contributed by atoms with van der Waals surface area (Å²) < 4.78 is 10.4. The third kappa shape index (κ3) is 4.36. The van der Waals surface area contributed by atoms with E-state index in [0.29, 0.717) is 29.9 Å². The zero-order valence-electron chi connectivity index (χ0n) is 13.8. The summed E-state index contributed by atoms with van der Waals surface area (Å²) in [7, 11) is 3.10. The van der Waals surface area contributed by atoms with E-state index in [4.69, 9.17) is 15.2 Å². The van der Waals surface area contributed by atoms with Crippen LogP contribution in [0.15, 0.2) is 18.2 Å². The molecule has 0 saturated heterocycles. The first-order chi connectivity index (χ1) is 11.0. The molecule has 1 aromatic carbocycles. The number of methoxy groups -OCH3 is 2. The summed E-state index contributed by atoms with van der Waals surface area (Å²) in [6.07, 6.45) is 3.61. The third-order valence-corrected chi connectivity index (χ3v) is 4.41. The molecule has 1 amide bonds. The molecule has 0 aromatic heterocycles. The summed E-state index contributed by atoms with van der Waals surface area (Å²) in [4.78, 5) is 12.3. The van der Waals surface area contributed by atoms with E-state index < -0.39 is 11.6 Å². The number of hydrogen-bond acceptors (Lipinski definition) is 5. The van der Waals surface area contributed by atoms with E-state index in [9.17, 15) is 9.90 Å². The van der Waals surface area contributed by atoms with Gasteiger partial charge in [0, 0.05) is 12.6 Å². The molecule has 23 heavy (non-hydrogen) atoms. The van der Waals surface area contributed by atoms with Crippen LogP contribution >= 0.6 is 0 Å². The molecule has 1 saturated carbocycles. The van der Waals surface area contributed by atoms with E-state index in [1.807, 2.05) is 0 Å². The molecule has 1 fully saturated rings. The number of carbonyl (C=O) groups is 1. The number of nitrogens with one attached hydrogen (secondary N) is 1. The quantitative estimate of drug-likeness (QED) is 0.738. The zero-order chi connectivity index (χ0) is 16.9. The van der Waals surface area contributed by atoms with Crippen LogP contribution in [0.3, 0.4) is 0 Å². The highest BCUT2D eigenvalue weighted by molar-refractivity contribution is 5.86. The largest absolute Gasteiger partial charge is 0.497 e. The smallest absolute Gasteiger partial charge is 0.240 e. The number of carbonyl (C=O) groups excluding carboxylic acids is 1. The molecule has 6 nitrogen and oxygen atoms in total. The predicted octanol–water partition coefficient (Wildman–Crippen LogP) is 1.51. The zero-order valence-corrected chi connectivity index (χ0v) is 13.8. The Bertz CT molecular complexity index is 519. The van der Waals surface area contributed by atoms with Crippen LogP contribution in [0.4, 0.5) is 0 Å². The van der Waals surface area contributed by atoms with Gasteiger partial charge in [0.1, 0.15) is 11.5 Å². The van der Waals surface area contributed by atoms with Crippen LogP contribution in [0.5, 0.6) is 11.5 Å². The highest BCUT2D eigenvalue weighted by atomic mass is 16.5. The normalized spacial score (nSPS) is 18.1. The lowest BCUT2D eigenvalue weighted by molar-refractivity contribution is -0.128. The molecule has 1 aliphatic rings. The van der Waals surface area contributed by atoms with Crippen LogP contribution in [-0.2, 0) is 4.79 Å². The second kappa shape index (κ2) is 7.66. The molecule has 1 aliphatic carbocycles. The number of ether oxygens (including phenoxy) is 2. The lowest BCUT2D eigenvalue weighted by Gasteiger charge is -2.32. The molecule has 0 aliphatic heterocycles. The molecule has 4 N–H and O–H groups in total. The SMILES string of the molecule is COc1cc(OC)cc(C(O)CNC(=O)C2(N)CCCCC2)c1. The topological polar surface area (TPSA) is 93.8 Å². The van der Waals surface area contributed by atoms with E-state index in [1.165, 1.54) is 0 Å². The monoisotopic (exact) mass is 322 g/mol. The summed E-state index contributed by atoms with van der Waals surface area (Å²) >= 11 is 0. The molecule has 1 unspecified atom stereocenters. The second-order valence-electron chi connectivity index (χ2n) is 6.09. The first kappa shape index (κ1) is 17.6. The van der Waals surface area contributed by atoms with Crippen LogP contribution in [0, 0.1) is 0 Å². The van der Waals surface area contributed by atoms with E-state index >= 15 is 0 Å². The van der Waals surface area contributed by atoms with Gasteiger partial charge in [0.25, 0.3) is 0 Å². The van der Waals surface area contributed by atoms with E-state index in [2.05, 4.69) is 5.32 Å². The van der Waals surface area contributed by atoms with Gasteiger partial charge in [0.05, 0.1) is 25.9 Å². The van der Waals surface area contributed by atoms with Gasteiger partial charge in [-0.3, -0.25) is 4.79 Å². The molecule has 0 bridgehead atoms. The standard InChI is InChI=1S/C17H26N2O4/c1-22-13-8-12(9-14(10-13)23-2)15(20)11-19-16(21)17(18)6-4-3-5-7-17/h8-10,15,20H,3-7,11,18H2,1-2H3,(H,19,21). The number of benzene rings is 1. The number of aliphatic hydroxyl groups excluding tert-OH is 1. The van der Waals surface area contributed by atoms with Gasteiger partial charge in [0.2, 0.25) is 5.91 Å². The minimum Gasteiger partial charge on any atom is -0.497 e. The fourth-order valence-electron chi connectivity index (χ4n) is 2.91. The van der Waals surface area contributed by atoms with Gasteiger partial charge in [0.15, 0.2) is 0 Å². The van der Waals surface area contributed by atoms with Crippen molar-refractivity contribution in [2.24, 2.45) is 5.73 Å². The van der Waals surface area contributed by atoms with Crippen LogP contribution in [0.25, 0.3) is 0 Å². The maximum absolute atomic E-state index is 12.3. The van der Waals surface area contributed by atoms with Crippen LogP contribution in [0.1, 0.15) is 43.8 Å². The lowest BCUT2D eigenvalue weighted by Crippen LogP contribution is -2.55. The van der Waals surface area contributed by atoms with Gasteiger partial charge in [-0.05, 0) is 30.5 Å². The Balaban J connectivity index is 1.99. The number of amides is 1. The van der Waals surface area contributed by atoms with Crippen LogP contribution in [0.2, 0.25) is 0 Å². The maximum Gasteiger partial charge on any atom is 0.240 e. The van der Waals surface area contributed by atoms with Crippen molar-refractivity contribution < 1.29 is 19.4 Å². The molecule has 0 heterocycles. The first-order valence-electron chi connectivity index (χ1n) is 7.97. The second-order valence-corrected chi connectivity index (χ2v) is 6.09. The van der Waals surface area contributed by atoms with E-state index in [1.54, 1.807) is 32.4 Å². The maximum atomic E-state index is 12.3. The summed E-state index contributed by atoms with van der Waals surface area (Å²) in [5, 5.41) is 13.1. The highest BCUT2D eigenvalue weighted by Gasteiger charge is 2.35. The average molecular weight is 322 g/mol. The average Bonchev–Trinajstić information content (AvgIpc) is 2.59. The van der Waals surface area contributed by atoms with Gasteiger partial charge >= 0.3 is 0 Å². The fraction of sp³-hybridized carbons (Fsp3) is 0.588. The Kier molecular flexibility index (Phi) is 5.85. The van der Waals surface area contributed by atoms with Crippen molar-refractivity contribution in [2.75, 3.05) is 20.8 Å². The number of rotatable bonds is 6. The molecular formula is C17H26N2O4. The van der Waals surface area contributed by atoms with Gasteiger partial charge in [-0.15, -0.1) is 0 Å². The Morgan fingerprint density at radius 1 is 1.22 bits per heavy atom. The van der Waals surface area contributed by atoms with E-state index in [-0.39, 0.29) is 12.5 Å². The number of nitrogens with two attached hydrogens (primary N) is 1. The van der Waals surface area contributed by atoms with Crippen molar-refractivity contribution in [3.8, 4) is 11.5 Å². The van der Waals surface area contributed by atoms with Gasteiger partial charge in [-0.1, -0.05) is 19.3 Å². The lowest BCUT2D eigenvalue weighted by atomic mass is 9.82. The molecular weight excluding hydrogens is 296 g/mol. The van der Waals surface area contributed by atoms with Crippen molar-refractivity contribution in [2.45, 2.75) is 43.7 Å². The van der Waals surface area contributed by atoms with E-state index in [0.717, 1.165) is 19.3 Å². The summed E-state index contributed by atoms with van der Waals surface area (Å²) in [6, 6.07) is 5.17. The molecule has 0 radical (unpaired) electrons. The molecule has 0 spiro atoms. The minimum absolute atomic E-state index is 0.105. The predicted molar refractivity (Wildman–Crippen MR) is 87.5 cm³/mol. The molecule has 128 valence electrons. The number of hydrogen-bond donors (Lipinski definition) is 3. The molecule has 2 rings (SSSR count). The Morgan fingerprint density at radius 2 is 1.78 bits per heavy atom. The van der Waals surface area contributed by atoms with Crippen LogP contribution < -0.4 is 20.5 Å². The van der Waals surface area contributed by atoms with Crippen molar-refractivity contribution in [3.05, 3.63) is 23.8 Å². The Hall–Kier alpha value is -1.79. The Labute approximate surface area is 137 Å². The fourth-order valence-corrected chi connectivity index (χ4v) is 2.91. The van der Waals surface area contributed by atoms with Crippen molar-refractivity contribution in [1.29, 1.82) is 0 Å². The first-order valence-corrected chi connectivity index (χ1v) is 7.97. The van der Waals surface area contributed by atoms with Crippen molar-refractivity contribution in [3.63, 3.8) is 0 Å². The Morgan fingerprint density at radius 3 is 2.30 bits per heavy atom. The van der Waals surface area contributed by atoms with Gasteiger partial charge < -0.3 is 25.6 Å². The minimum atomic E-state index is -0.852. The number of aliphatic hydroxyl groups is 1. The molecule has 1 aromatic rings. The highest BCUT2D eigenvalue weighted by Crippen LogP contribution is 2.28. The summed E-state index contributed by atoms with van der Waals surface area (Å²) in [6.45, 7) is 0.105. The molecule has 6 heteroatoms. The summed E-state index contributed by atoms with van der Waals surface area (Å²) in [5.41, 5.74) is 6.01. The van der Waals surface area contributed by atoms with Crippen LogP contribution in [-0.4, -0.2) is 37.3 Å². The van der Waals surface area contributed by atoms with Gasteiger partial charge in [-0.2, -0.15) is 0 Å².